The first-order chi connectivity index (χ1) is 11.1. The summed E-state index contributed by atoms with van der Waals surface area (Å²) in [5.74, 6) is 0. The van der Waals surface area contributed by atoms with Crippen LogP contribution in [0.4, 0.5) is 11.4 Å². The maximum atomic E-state index is 12.0. The lowest BCUT2D eigenvalue weighted by Gasteiger charge is -2.17. The Morgan fingerprint density at radius 1 is 1.30 bits per heavy atom. The van der Waals surface area contributed by atoms with E-state index in [1.807, 2.05) is 12.2 Å². The second-order valence-corrected chi connectivity index (χ2v) is 5.11. The summed E-state index contributed by atoms with van der Waals surface area (Å²) < 4.78 is 1.30. The van der Waals surface area contributed by atoms with Crippen LogP contribution in [0, 0.1) is 10.1 Å². The van der Waals surface area contributed by atoms with Gasteiger partial charge in [0.1, 0.15) is 5.69 Å². The fourth-order valence-electron chi connectivity index (χ4n) is 2.57. The number of rotatable bonds is 3. The highest BCUT2D eigenvalue weighted by Gasteiger charge is 2.18. The van der Waals surface area contributed by atoms with Gasteiger partial charge in [0.25, 0.3) is 11.2 Å². The Hall–Kier alpha value is -3.22. The Morgan fingerprint density at radius 3 is 2.87 bits per heavy atom. The predicted molar refractivity (Wildman–Crippen MR) is 87.5 cm³/mol. The lowest BCUT2D eigenvalue weighted by Crippen LogP contribution is -2.21. The van der Waals surface area contributed by atoms with Gasteiger partial charge in [0.05, 0.1) is 10.6 Å². The molecule has 0 atom stereocenters. The molecule has 1 aromatic heterocycles. The normalized spacial score (nSPS) is 14.1. The molecule has 1 heterocycles. The van der Waals surface area contributed by atoms with E-state index in [1.54, 1.807) is 12.1 Å². The van der Waals surface area contributed by atoms with Crippen LogP contribution in [-0.4, -0.2) is 14.7 Å². The molecule has 116 valence electrons. The van der Waals surface area contributed by atoms with Gasteiger partial charge < -0.3 is 5.73 Å². The van der Waals surface area contributed by atoms with Crippen molar-refractivity contribution in [3.63, 3.8) is 0 Å². The average Bonchev–Trinajstić information content (AvgIpc) is 2.56. The van der Waals surface area contributed by atoms with Crippen LogP contribution in [0.5, 0.6) is 0 Å². The van der Waals surface area contributed by atoms with Gasteiger partial charge in [0, 0.05) is 18.3 Å². The predicted octanol–water partition coefficient (Wildman–Crippen LogP) is 2.45. The van der Waals surface area contributed by atoms with Gasteiger partial charge >= 0.3 is 0 Å². The standard InChI is InChI=1S/C16H14N4O3/c17-13-8-7-11(10-15(13)20(22)23)12-4-1-2-5-14(12)19-16(21)6-3-9-18-19/h2-3,5-10H,1,4,17H2. The number of nitro groups is 1. The largest absolute Gasteiger partial charge is 0.393 e. The van der Waals surface area contributed by atoms with Crippen LogP contribution >= 0.6 is 0 Å². The van der Waals surface area contributed by atoms with E-state index < -0.39 is 4.92 Å². The first kappa shape index (κ1) is 14.7. The molecule has 2 N–H and O–H groups in total. The van der Waals surface area contributed by atoms with Crippen molar-refractivity contribution in [3.05, 3.63) is 74.7 Å². The van der Waals surface area contributed by atoms with E-state index in [1.165, 1.54) is 29.1 Å². The molecule has 0 unspecified atom stereocenters. The number of nitrogen functional groups attached to an aromatic ring is 1. The summed E-state index contributed by atoms with van der Waals surface area (Å²) in [5, 5.41) is 15.2. The highest BCUT2D eigenvalue weighted by molar-refractivity contribution is 5.89. The van der Waals surface area contributed by atoms with E-state index in [0.717, 1.165) is 12.0 Å². The van der Waals surface area contributed by atoms with Crippen LogP contribution in [0.25, 0.3) is 11.3 Å². The average molecular weight is 310 g/mol. The third kappa shape index (κ3) is 2.76. The summed E-state index contributed by atoms with van der Waals surface area (Å²) in [4.78, 5) is 22.6. The Bertz CT molecular complexity index is 896. The molecule has 0 radical (unpaired) electrons. The van der Waals surface area contributed by atoms with Crippen LogP contribution in [0.15, 0.2) is 53.5 Å². The monoisotopic (exact) mass is 310 g/mol. The molecule has 1 aliphatic rings. The van der Waals surface area contributed by atoms with Gasteiger partial charge in [-0.2, -0.15) is 9.78 Å². The Morgan fingerprint density at radius 2 is 2.13 bits per heavy atom. The number of allylic oxidation sites excluding steroid dienone is 4. The van der Waals surface area contributed by atoms with Crippen molar-refractivity contribution in [2.24, 2.45) is 0 Å². The summed E-state index contributed by atoms with van der Waals surface area (Å²) in [6, 6.07) is 7.67. The molecule has 0 saturated heterocycles. The molecule has 3 rings (SSSR count). The number of anilines is 1. The fourth-order valence-corrected chi connectivity index (χ4v) is 2.57. The molecule has 1 aromatic carbocycles. The summed E-state index contributed by atoms with van der Waals surface area (Å²) in [6.07, 6.45) is 6.75. The molecule has 0 bridgehead atoms. The molecule has 7 nitrogen and oxygen atoms in total. The SMILES string of the molecule is Nc1ccc(C2=C(n3ncccc3=O)C=CCC2)cc1[N+](=O)[O-]. The highest BCUT2D eigenvalue weighted by Crippen LogP contribution is 2.33. The van der Waals surface area contributed by atoms with Crippen LogP contribution in [0.1, 0.15) is 18.4 Å². The Balaban J connectivity index is 2.21. The van der Waals surface area contributed by atoms with Crippen molar-refractivity contribution in [3.8, 4) is 0 Å². The van der Waals surface area contributed by atoms with Crippen LogP contribution < -0.4 is 11.3 Å². The van der Waals surface area contributed by atoms with Crippen molar-refractivity contribution >= 4 is 22.6 Å². The summed E-state index contributed by atoms with van der Waals surface area (Å²) >= 11 is 0. The third-order valence-corrected chi connectivity index (χ3v) is 3.67. The van der Waals surface area contributed by atoms with Gasteiger partial charge in [0.15, 0.2) is 0 Å². The number of benzene rings is 1. The van der Waals surface area contributed by atoms with E-state index in [9.17, 15) is 14.9 Å². The van der Waals surface area contributed by atoms with Crippen LogP contribution in [0.3, 0.4) is 0 Å². The molecule has 0 amide bonds. The maximum Gasteiger partial charge on any atom is 0.292 e. The van der Waals surface area contributed by atoms with Crippen molar-refractivity contribution < 1.29 is 4.92 Å². The molecule has 2 aromatic rings. The number of hydrogen-bond acceptors (Lipinski definition) is 5. The Kier molecular flexibility index (Phi) is 3.76. The zero-order valence-electron chi connectivity index (χ0n) is 12.2. The molecule has 23 heavy (non-hydrogen) atoms. The topological polar surface area (TPSA) is 104 Å². The van der Waals surface area contributed by atoms with Gasteiger partial charge in [0.2, 0.25) is 0 Å². The van der Waals surface area contributed by atoms with Gasteiger partial charge in [-0.1, -0.05) is 12.1 Å². The first-order valence-electron chi connectivity index (χ1n) is 7.06. The highest BCUT2D eigenvalue weighted by atomic mass is 16.6. The van der Waals surface area contributed by atoms with E-state index in [2.05, 4.69) is 5.10 Å². The van der Waals surface area contributed by atoms with Gasteiger partial charge in [-0.15, -0.1) is 0 Å². The molecular weight excluding hydrogens is 296 g/mol. The first-order valence-corrected chi connectivity index (χ1v) is 7.06. The third-order valence-electron chi connectivity index (χ3n) is 3.67. The minimum absolute atomic E-state index is 0.113. The van der Waals surface area contributed by atoms with Gasteiger partial charge in [-0.3, -0.25) is 14.9 Å². The van der Waals surface area contributed by atoms with Crippen molar-refractivity contribution in [2.75, 3.05) is 5.73 Å². The number of nitro benzene ring substituents is 1. The maximum absolute atomic E-state index is 12.0. The molecule has 0 spiro atoms. The van der Waals surface area contributed by atoms with Crippen molar-refractivity contribution in [1.82, 2.24) is 9.78 Å². The van der Waals surface area contributed by atoms with E-state index in [0.29, 0.717) is 17.7 Å². The quantitative estimate of drug-likeness (QED) is 0.532. The number of hydrogen-bond donors (Lipinski definition) is 1. The van der Waals surface area contributed by atoms with E-state index in [4.69, 9.17) is 5.73 Å². The van der Waals surface area contributed by atoms with Crippen LogP contribution in [-0.2, 0) is 0 Å². The number of nitrogens with zero attached hydrogens (tertiary/aromatic N) is 3. The molecule has 1 aliphatic carbocycles. The molecule has 7 heteroatoms. The molecule has 0 saturated carbocycles. The smallest absolute Gasteiger partial charge is 0.292 e. The molecular formula is C16H14N4O3. The van der Waals surface area contributed by atoms with Crippen LogP contribution in [0.2, 0.25) is 0 Å². The summed E-state index contributed by atoms with van der Waals surface area (Å²) in [7, 11) is 0. The number of nitrogens with two attached hydrogens (primary N) is 1. The van der Waals surface area contributed by atoms with Gasteiger partial charge in [-0.05, 0) is 42.2 Å². The zero-order chi connectivity index (χ0) is 16.4. The van der Waals surface area contributed by atoms with E-state index >= 15 is 0 Å². The molecule has 0 fully saturated rings. The summed E-state index contributed by atoms with van der Waals surface area (Å²) in [5.41, 5.74) is 7.49. The second-order valence-electron chi connectivity index (χ2n) is 5.11. The molecule has 0 aliphatic heterocycles. The minimum Gasteiger partial charge on any atom is -0.393 e. The minimum atomic E-state index is -0.509. The van der Waals surface area contributed by atoms with Crippen molar-refractivity contribution in [1.29, 1.82) is 0 Å². The number of aromatic nitrogens is 2. The van der Waals surface area contributed by atoms with E-state index in [-0.39, 0.29) is 16.9 Å². The zero-order valence-corrected chi connectivity index (χ0v) is 12.2. The Labute approximate surface area is 131 Å². The second kappa shape index (κ2) is 5.88. The van der Waals surface area contributed by atoms with Gasteiger partial charge in [-0.25, -0.2) is 0 Å². The van der Waals surface area contributed by atoms with Crippen molar-refractivity contribution in [2.45, 2.75) is 12.8 Å². The fraction of sp³-hybridized carbons (Fsp3) is 0.125. The lowest BCUT2D eigenvalue weighted by atomic mass is 9.94. The lowest BCUT2D eigenvalue weighted by molar-refractivity contribution is -0.383. The summed E-state index contributed by atoms with van der Waals surface area (Å²) in [6.45, 7) is 0.